The van der Waals surface area contributed by atoms with Crippen molar-refractivity contribution in [1.82, 2.24) is 4.98 Å². The summed E-state index contributed by atoms with van der Waals surface area (Å²) in [4.78, 5) is 6.70. The first-order valence-corrected chi connectivity index (χ1v) is 6.19. The van der Waals surface area contributed by atoms with Gasteiger partial charge in [0.25, 0.3) is 0 Å². The maximum atomic E-state index is 9.32. The van der Waals surface area contributed by atoms with Crippen LogP contribution in [0.5, 0.6) is 5.75 Å². The van der Waals surface area contributed by atoms with Crippen molar-refractivity contribution in [2.24, 2.45) is 0 Å². The second-order valence-electron chi connectivity index (χ2n) is 3.22. The van der Waals surface area contributed by atoms with Gasteiger partial charge in [0, 0.05) is 9.77 Å². The van der Waals surface area contributed by atoms with Crippen LogP contribution in [0, 0.1) is 13.8 Å². The maximum absolute atomic E-state index is 9.32. The zero-order valence-electron chi connectivity index (χ0n) is 8.52. The highest BCUT2D eigenvalue weighted by Crippen LogP contribution is 2.33. The summed E-state index contributed by atoms with van der Waals surface area (Å²) in [5.74, 6) is 0.296. The molecular weight excluding hydrogens is 226 g/mol. The molecule has 1 heterocycles. The number of hydrogen-bond donors (Lipinski definition) is 1. The van der Waals surface area contributed by atoms with Crippen LogP contribution in [0.1, 0.15) is 10.6 Å². The average Bonchev–Trinajstić information content (AvgIpc) is 2.45. The summed E-state index contributed by atoms with van der Waals surface area (Å²) in [5.41, 5.74) is 1.09. The Morgan fingerprint density at radius 2 is 2.13 bits per heavy atom. The Hall–Kier alpha value is -1.000. The van der Waals surface area contributed by atoms with Gasteiger partial charge in [-0.05, 0) is 32.0 Å². The van der Waals surface area contributed by atoms with Crippen LogP contribution in [-0.4, -0.2) is 10.1 Å². The minimum Gasteiger partial charge on any atom is -0.508 e. The molecule has 2 aromatic rings. The quantitative estimate of drug-likeness (QED) is 0.866. The summed E-state index contributed by atoms with van der Waals surface area (Å²) >= 11 is 3.27. The molecule has 0 spiro atoms. The van der Waals surface area contributed by atoms with E-state index in [4.69, 9.17) is 0 Å². The lowest BCUT2D eigenvalue weighted by Gasteiger charge is -1.97. The number of hydrogen-bond acceptors (Lipinski definition) is 4. The van der Waals surface area contributed by atoms with Crippen LogP contribution in [0.25, 0.3) is 0 Å². The first-order chi connectivity index (χ1) is 7.15. The third kappa shape index (κ3) is 2.52. The van der Waals surface area contributed by atoms with Crippen molar-refractivity contribution >= 4 is 23.1 Å². The van der Waals surface area contributed by atoms with Crippen LogP contribution in [0.3, 0.4) is 0 Å². The average molecular weight is 237 g/mol. The van der Waals surface area contributed by atoms with Crippen LogP contribution in [-0.2, 0) is 0 Å². The van der Waals surface area contributed by atoms with Crippen molar-refractivity contribution in [3.8, 4) is 5.75 Å². The fourth-order valence-electron chi connectivity index (χ4n) is 1.13. The Bertz CT molecular complexity index is 460. The zero-order valence-corrected chi connectivity index (χ0v) is 10.2. The second kappa shape index (κ2) is 4.24. The maximum Gasteiger partial charge on any atom is 0.155 e. The molecule has 4 heteroatoms. The number of thiazole rings is 1. The molecule has 0 atom stereocenters. The lowest BCUT2D eigenvalue weighted by molar-refractivity contribution is 0.474. The van der Waals surface area contributed by atoms with Gasteiger partial charge in [0.2, 0.25) is 0 Å². The number of aromatic hydroxyl groups is 1. The van der Waals surface area contributed by atoms with Gasteiger partial charge in [0.1, 0.15) is 5.75 Å². The Balaban J connectivity index is 2.22. The number of phenols is 1. The van der Waals surface area contributed by atoms with Crippen molar-refractivity contribution in [2.45, 2.75) is 23.1 Å². The van der Waals surface area contributed by atoms with E-state index in [0.29, 0.717) is 5.75 Å². The summed E-state index contributed by atoms with van der Waals surface area (Å²) in [6.07, 6.45) is 0. The second-order valence-corrected chi connectivity index (χ2v) is 5.74. The molecule has 1 N–H and O–H groups in total. The molecule has 0 aliphatic carbocycles. The Labute approximate surface area is 97.0 Å². The van der Waals surface area contributed by atoms with Gasteiger partial charge in [-0.25, -0.2) is 4.98 Å². The van der Waals surface area contributed by atoms with Crippen LogP contribution in [0.4, 0.5) is 0 Å². The van der Waals surface area contributed by atoms with Crippen LogP contribution in [0.15, 0.2) is 33.5 Å². The molecule has 0 saturated heterocycles. The third-order valence-electron chi connectivity index (χ3n) is 2.03. The van der Waals surface area contributed by atoms with E-state index in [1.165, 1.54) is 4.88 Å². The first kappa shape index (κ1) is 10.5. The molecule has 0 amide bonds. The molecule has 0 aliphatic rings. The van der Waals surface area contributed by atoms with E-state index in [1.54, 1.807) is 35.2 Å². The van der Waals surface area contributed by atoms with Crippen molar-refractivity contribution < 1.29 is 5.11 Å². The van der Waals surface area contributed by atoms with Gasteiger partial charge in [0.05, 0.1) is 5.69 Å². The van der Waals surface area contributed by atoms with Gasteiger partial charge in [-0.1, -0.05) is 17.8 Å². The van der Waals surface area contributed by atoms with Crippen molar-refractivity contribution in [2.75, 3.05) is 0 Å². The zero-order chi connectivity index (χ0) is 10.8. The third-order valence-corrected chi connectivity index (χ3v) is 4.15. The minimum atomic E-state index is 0.296. The highest BCUT2D eigenvalue weighted by molar-refractivity contribution is 8.01. The fraction of sp³-hybridized carbons (Fsp3) is 0.182. The lowest BCUT2D eigenvalue weighted by Crippen LogP contribution is -1.74. The van der Waals surface area contributed by atoms with Gasteiger partial charge in [-0.15, -0.1) is 11.3 Å². The number of benzene rings is 1. The van der Waals surface area contributed by atoms with E-state index in [1.807, 2.05) is 19.1 Å². The molecule has 0 aliphatic heterocycles. The molecule has 2 nitrogen and oxygen atoms in total. The largest absolute Gasteiger partial charge is 0.508 e. The Kier molecular flexibility index (Phi) is 2.98. The summed E-state index contributed by atoms with van der Waals surface area (Å²) in [6, 6.07) is 7.22. The fourth-order valence-corrected chi connectivity index (χ4v) is 3.31. The summed E-state index contributed by atoms with van der Waals surface area (Å²) in [6.45, 7) is 4.08. The van der Waals surface area contributed by atoms with Gasteiger partial charge in [0.15, 0.2) is 4.34 Å². The predicted octanol–water partition coefficient (Wildman–Crippen LogP) is 3.62. The summed E-state index contributed by atoms with van der Waals surface area (Å²) in [5, 5.41) is 9.32. The number of rotatable bonds is 2. The smallest absolute Gasteiger partial charge is 0.155 e. The molecule has 1 aromatic carbocycles. The van der Waals surface area contributed by atoms with E-state index in [0.717, 1.165) is 14.9 Å². The Morgan fingerprint density at radius 1 is 1.33 bits per heavy atom. The Morgan fingerprint density at radius 3 is 2.73 bits per heavy atom. The highest BCUT2D eigenvalue weighted by Gasteiger charge is 2.05. The molecule has 0 fully saturated rings. The number of nitrogens with zero attached hydrogens (tertiary/aromatic N) is 1. The normalized spacial score (nSPS) is 10.5. The van der Waals surface area contributed by atoms with Crippen molar-refractivity contribution in [3.05, 3.63) is 34.8 Å². The summed E-state index contributed by atoms with van der Waals surface area (Å²) < 4.78 is 1.02. The van der Waals surface area contributed by atoms with Crippen LogP contribution in [0.2, 0.25) is 0 Å². The van der Waals surface area contributed by atoms with Gasteiger partial charge < -0.3 is 5.11 Å². The van der Waals surface area contributed by atoms with E-state index in [9.17, 15) is 5.11 Å². The molecule has 0 unspecified atom stereocenters. The van der Waals surface area contributed by atoms with Crippen molar-refractivity contribution in [1.29, 1.82) is 0 Å². The first-order valence-electron chi connectivity index (χ1n) is 4.56. The monoisotopic (exact) mass is 237 g/mol. The number of aromatic nitrogens is 1. The van der Waals surface area contributed by atoms with Gasteiger partial charge >= 0.3 is 0 Å². The standard InChI is InChI=1S/C11H11NOS2/c1-7-8(2)14-11(12-7)15-10-5-3-4-9(13)6-10/h3-6,13H,1-2H3. The van der Waals surface area contributed by atoms with Crippen molar-refractivity contribution in [3.63, 3.8) is 0 Å². The number of phenolic OH excluding ortho intramolecular Hbond substituents is 1. The lowest BCUT2D eigenvalue weighted by atomic mass is 10.3. The van der Waals surface area contributed by atoms with Gasteiger partial charge in [-0.3, -0.25) is 0 Å². The van der Waals surface area contributed by atoms with E-state index < -0.39 is 0 Å². The minimum absolute atomic E-state index is 0.296. The van der Waals surface area contributed by atoms with E-state index in [2.05, 4.69) is 11.9 Å². The molecule has 15 heavy (non-hydrogen) atoms. The molecule has 0 bridgehead atoms. The predicted molar refractivity (Wildman–Crippen MR) is 63.8 cm³/mol. The van der Waals surface area contributed by atoms with E-state index in [-0.39, 0.29) is 0 Å². The molecule has 2 rings (SSSR count). The molecule has 0 saturated carbocycles. The SMILES string of the molecule is Cc1nc(Sc2cccc(O)c2)sc1C. The van der Waals surface area contributed by atoms with Gasteiger partial charge in [-0.2, -0.15) is 0 Å². The molecule has 1 aromatic heterocycles. The molecule has 78 valence electrons. The molecule has 0 radical (unpaired) electrons. The van der Waals surface area contributed by atoms with Crippen LogP contribution >= 0.6 is 23.1 Å². The topological polar surface area (TPSA) is 33.1 Å². The highest BCUT2D eigenvalue weighted by atomic mass is 32.2. The van der Waals surface area contributed by atoms with Crippen LogP contribution < -0.4 is 0 Å². The summed E-state index contributed by atoms with van der Waals surface area (Å²) in [7, 11) is 0. The van der Waals surface area contributed by atoms with E-state index >= 15 is 0 Å². The molecular formula is C11H11NOS2. The number of aryl methyl sites for hydroxylation is 2.